The number of amides is 2. The molecule has 1 saturated heterocycles. The van der Waals surface area contributed by atoms with E-state index in [1.807, 2.05) is 55.5 Å². The van der Waals surface area contributed by atoms with Gasteiger partial charge in [0.15, 0.2) is 0 Å². The Morgan fingerprint density at radius 1 is 1.22 bits per heavy atom. The predicted molar refractivity (Wildman–Crippen MR) is 101 cm³/mol. The van der Waals surface area contributed by atoms with Gasteiger partial charge in [-0.15, -0.1) is 0 Å². The molecule has 3 rings (SSSR count). The average Bonchev–Trinajstić information content (AvgIpc) is 2.69. The van der Waals surface area contributed by atoms with Crippen LogP contribution in [0, 0.1) is 6.92 Å². The van der Waals surface area contributed by atoms with Crippen LogP contribution >= 0.6 is 0 Å². The van der Waals surface area contributed by atoms with Gasteiger partial charge in [0.1, 0.15) is 18.4 Å². The van der Waals surface area contributed by atoms with Crippen LogP contribution in [-0.2, 0) is 27.4 Å². The van der Waals surface area contributed by atoms with Crippen molar-refractivity contribution in [2.24, 2.45) is 0 Å². The van der Waals surface area contributed by atoms with Gasteiger partial charge in [-0.05, 0) is 30.2 Å². The van der Waals surface area contributed by atoms with Gasteiger partial charge in [-0.3, -0.25) is 9.59 Å². The summed E-state index contributed by atoms with van der Waals surface area (Å²) in [5.74, 6) is 0.334. The van der Waals surface area contributed by atoms with Crippen molar-refractivity contribution in [2.75, 3.05) is 20.3 Å². The number of carbonyl (C=O) groups is 2. The zero-order valence-electron chi connectivity index (χ0n) is 15.6. The molecule has 6 nitrogen and oxygen atoms in total. The molecule has 0 unspecified atom stereocenters. The Kier molecular flexibility index (Phi) is 6.08. The highest BCUT2D eigenvalue weighted by atomic mass is 16.5. The van der Waals surface area contributed by atoms with Gasteiger partial charge < -0.3 is 19.7 Å². The maximum absolute atomic E-state index is 12.7. The van der Waals surface area contributed by atoms with Gasteiger partial charge in [0.25, 0.3) is 0 Å². The Balaban J connectivity index is 1.66. The van der Waals surface area contributed by atoms with E-state index in [0.29, 0.717) is 13.1 Å². The van der Waals surface area contributed by atoms with Crippen LogP contribution in [0.2, 0.25) is 0 Å². The van der Waals surface area contributed by atoms with Crippen LogP contribution in [0.1, 0.15) is 16.7 Å². The standard InChI is InChI=1S/C21H24N2O4/c1-15-6-8-16(9-7-15)12-23-19(13-27-14-20(23)24)21(25)22-11-17-4-3-5-18(10-17)26-2/h3-10,19H,11-14H2,1-2H3,(H,22,25)/t19-/m0/s1. The molecule has 2 amide bonds. The van der Waals surface area contributed by atoms with E-state index < -0.39 is 6.04 Å². The minimum Gasteiger partial charge on any atom is -0.497 e. The van der Waals surface area contributed by atoms with Gasteiger partial charge in [0.05, 0.1) is 13.7 Å². The molecule has 0 radical (unpaired) electrons. The quantitative estimate of drug-likeness (QED) is 0.847. The minimum absolute atomic E-state index is 0.00548. The molecule has 142 valence electrons. The molecule has 0 saturated carbocycles. The Bertz CT molecular complexity index is 804. The van der Waals surface area contributed by atoms with Crippen molar-refractivity contribution in [1.29, 1.82) is 0 Å². The molecule has 1 N–H and O–H groups in total. The van der Waals surface area contributed by atoms with Gasteiger partial charge in [-0.2, -0.15) is 0 Å². The zero-order valence-corrected chi connectivity index (χ0v) is 15.6. The fourth-order valence-electron chi connectivity index (χ4n) is 3.00. The lowest BCUT2D eigenvalue weighted by Crippen LogP contribution is -2.55. The van der Waals surface area contributed by atoms with E-state index in [-0.39, 0.29) is 25.0 Å². The largest absolute Gasteiger partial charge is 0.497 e. The third-order valence-corrected chi connectivity index (χ3v) is 4.57. The summed E-state index contributed by atoms with van der Waals surface area (Å²) >= 11 is 0. The van der Waals surface area contributed by atoms with Gasteiger partial charge in [-0.1, -0.05) is 42.0 Å². The van der Waals surface area contributed by atoms with Gasteiger partial charge in [0.2, 0.25) is 11.8 Å². The predicted octanol–water partition coefficient (Wildman–Crippen LogP) is 2.05. The van der Waals surface area contributed by atoms with E-state index in [9.17, 15) is 9.59 Å². The van der Waals surface area contributed by atoms with Crippen LogP contribution in [0.3, 0.4) is 0 Å². The summed E-state index contributed by atoms with van der Waals surface area (Å²) < 4.78 is 10.5. The van der Waals surface area contributed by atoms with Crippen molar-refractivity contribution in [1.82, 2.24) is 10.2 Å². The molecule has 0 aromatic heterocycles. The topological polar surface area (TPSA) is 67.9 Å². The summed E-state index contributed by atoms with van der Waals surface area (Å²) in [5, 5.41) is 2.90. The molecule has 1 aliphatic rings. The molecule has 1 fully saturated rings. The minimum atomic E-state index is -0.641. The molecule has 1 aliphatic heterocycles. The molecule has 1 heterocycles. The lowest BCUT2D eigenvalue weighted by atomic mass is 10.1. The molecule has 2 aromatic carbocycles. The molecule has 0 aliphatic carbocycles. The number of morpholine rings is 1. The van der Waals surface area contributed by atoms with Crippen molar-refractivity contribution < 1.29 is 19.1 Å². The first kappa shape index (κ1) is 18.9. The van der Waals surface area contributed by atoms with E-state index in [1.165, 1.54) is 0 Å². The van der Waals surface area contributed by atoms with E-state index in [4.69, 9.17) is 9.47 Å². The fourth-order valence-corrected chi connectivity index (χ4v) is 3.00. The Morgan fingerprint density at radius 2 is 2.00 bits per heavy atom. The van der Waals surface area contributed by atoms with Gasteiger partial charge in [0, 0.05) is 13.1 Å². The van der Waals surface area contributed by atoms with Crippen LogP contribution in [-0.4, -0.2) is 43.1 Å². The second-order valence-corrected chi connectivity index (χ2v) is 6.61. The first-order chi connectivity index (χ1) is 13.1. The summed E-state index contributed by atoms with van der Waals surface area (Å²) in [6.45, 7) is 2.96. The van der Waals surface area contributed by atoms with E-state index in [1.54, 1.807) is 12.0 Å². The van der Waals surface area contributed by atoms with Crippen molar-refractivity contribution in [3.8, 4) is 5.75 Å². The average molecular weight is 368 g/mol. The number of nitrogens with one attached hydrogen (secondary N) is 1. The normalized spacial score (nSPS) is 16.9. The molecule has 1 atom stereocenters. The smallest absolute Gasteiger partial charge is 0.249 e. The number of nitrogens with zero attached hydrogens (tertiary/aromatic N) is 1. The summed E-state index contributed by atoms with van der Waals surface area (Å²) in [4.78, 5) is 26.6. The lowest BCUT2D eigenvalue weighted by molar-refractivity contribution is -0.155. The number of hydrogen-bond donors (Lipinski definition) is 1. The van der Waals surface area contributed by atoms with Gasteiger partial charge >= 0.3 is 0 Å². The maximum atomic E-state index is 12.7. The molecule has 2 aromatic rings. The van der Waals surface area contributed by atoms with Crippen LogP contribution in [0.4, 0.5) is 0 Å². The Labute approximate surface area is 159 Å². The first-order valence-electron chi connectivity index (χ1n) is 8.90. The molecule has 0 spiro atoms. The van der Waals surface area contributed by atoms with Crippen LogP contribution < -0.4 is 10.1 Å². The van der Waals surface area contributed by atoms with Gasteiger partial charge in [-0.25, -0.2) is 0 Å². The SMILES string of the molecule is COc1cccc(CNC(=O)[C@@H]2COCC(=O)N2Cc2ccc(C)cc2)c1. The third-order valence-electron chi connectivity index (χ3n) is 4.57. The molecule has 0 bridgehead atoms. The monoisotopic (exact) mass is 368 g/mol. The number of ether oxygens (including phenoxy) is 2. The number of methoxy groups -OCH3 is 1. The highest BCUT2D eigenvalue weighted by Crippen LogP contribution is 2.16. The molecular weight excluding hydrogens is 344 g/mol. The van der Waals surface area contributed by atoms with Crippen LogP contribution in [0.25, 0.3) is 0 Å². The summed E-state index contributed by atoms with van der Waals surface area (Å²) in [7, 11) is 1.60. The van der Waals surface area contributed by atoms with Crippen molar-refractivity contribution >= 4 is 11.8 Å². The number of carbonyl (C=O) groups excluding carboxylic acids is 2. The second-order valence-electron chi connectivity index (χ2n) is 6.61. The second kappa shape index (κ2) is 8.68. The van der Waals surface area contributed by atoms with Crippen LogP contribution in [0.5, 0.6) is 5.75 Å². The molecular formula is C21H24N2O4. The summed E-state index contributed by atoms with van der Waals surface area (Å²) in [6.07, 6.45) is 0. The number of benzene rings is 2. The Hall–Kier alpha value is -2.86. The summed E-state index contributed by atoms with van der Waals surface area (Å²) in [5.41, 5.74) is 3.07. The van der Waals surface area contributed by atoms with Crippen molar-refractivity contribution in [3.63, 3.8) is 0 Å². The number of rotatable bonds is 6. The third kappa shape index (κ3) is 4.86. The van der Waals surface area contributed by atoms with E-state index in [2.05, 4.69) is 5.32 Å². The highest BCUT2D eigenvalue weighted by Gasteiger charge is 2.33. The first-order valence-corrected chi connectivity index (χ1v) is 8.90. The summed E-state index contributed by atoms with van der Waals surface area (Å²) in [6, 6.07) is 14.8. The number of aryl methyl sites for hydroxylation is 1. The maximum Gasteiger partial charge on any atom is 0.249 e. The zero-order chi connectivity index (χ0) is 19.2. The lowest BCUT2D eigenvalue weighted by Gasteiger charge is -2.34. The van der Waals surface area contributed by atoms with Crippen LogP contribution in [0.15, 0.2) is 48.5 Å². The Morgan fingerprint density at radius 3 is 2.74 bits per heavy atom. The van der Waals surface area contributed by atoms with Crippen molar-refractivity contribution in [2.45, 2.75) is 26.1 Å². The fraction of sp³-hybridized carbons (Fsp3) is 0.333. The van der Waals surface area contributed by atoms with E-state index in [0.717, 1.165) is 22.4 Å². The number of hydrogen-bond acceptors (Lipinski definition) is 4. The molecule has 27 heavy (non-hydrogen) atoms. The van der Waals surface area contributed by atoms with E-state index >= 15 is 0 Å². The highest BCUT2D eigenvalue weighted by molar-refractivity contribution is 5.89. The molecule has 6 heteroatoms. The van der Waals surface area contributed by atoms with Crippen molar-refractivity contribution in [3.05, 3.63) is 65.2 Å².